The van der Waals surface area contributed by atoms with Gasteiger partial charge in [0, 0.05) is 24.4 Å². The minimum atomic E-state index is -0.0686. The van der Waals surface area contributed by atoms with Crippen LogP contribution in [0.25, 0.3) is 5.69 Å². The number of hydrogen-bond donors (Lipinski definition) is 0. The minimum absolute atomic E-state index is 0.0348. The zero-order chi connectivity index (χ0) is 22.1. The van der Waals surface area contributed by atoms with E-state index in [4.69, 9.17) is 9.72 Å². The molecule has 6 nitrogen and oxygen atoms in total. The lowest BCUT2D eigenvalue weighted by Gasteiger charge is -2.29. The van der Waals surface area contributed by atoms with Crippen LogP contribution in [0, 0.1) is 0 Å². The zero-order valence-corrected chi connectivity index (χ0v) is 19.4. The fourth-order valence-corrected chi connectivity index (χ4v) is 6.07. The van der Waals surface area contributed by atoms with E-state index in [-0.39, 0.29) is 17.2 Å². The summed E-state index contributed by atoms with van der Waals surface area (Å²) in [5, 5.41) is 0.556. The largest absolute Gasteiger partial charge is 0.497 e. The van der Waals surface area contributed by atoms with Crippen LogP contribution < -0.4 is 15.2 Å². The number of carbonyl (C=O) groups excluding carboxylic acids is 1. The van der Waals surface area contributed by atoms with Crippen molar-refractivity contribution in [2.45, 2.75) is 29.3 Å². The van der Waals surface area contributed by atoms with Gasteiger partial charge in [0.1, 0.15) is 5.75 Å². The number of hydrogen-bond acceptors (Lipinski definition) is 6. The standard InChI is InChI=1S/C24H23N3O3S2/c1-30-18-10-8-17(9-11-18)27-23(29)22-19(12-14-31-22)25-24(27)32-15-21(28)26-13-4-6-16-5-2-3-7-20(16)26/h2-3,5,7-11H,4,6,12-15H2,1H3. The summed E-state index contributed by atoms with van der Waals surface area (Å²) in [4.78, 5) is 33.8. The lowest BCUT2D eigenvalue weighted by Crippen LogP contribution is -2.36. The predicted octanol–water partition coefficient (Wildman–Crippen LogP) is 3.96. The summed E-state index contributed by atoms with van der Waals surface area (Å²) in [6.45, 7) is 0.718. The van der Waals surface area contributed by atoms with Crippen LogP contribution in [-0.2, 0) is 17.6 Å². The third-order valence-electron chi connectivity index (χ3n) is 5.73. The Kier molecular flexibility index (Phi) is 5.97. The maximum atomic E-state index is 13.3. The summed E-state index contributed by atoms with van der Waals surface area (Å²) < 4.78 is 6.88. The molecule has 0 unspecified atom stereocenters. The van der Waals surface area contributed by atoms with E-state index < -0.39 is 0 Å². The maximum Gasteiger partial charge on any atom is 0.272 e. The first-order valence-corrected chi connectivity index (χ1v) is 12.6. The van der Waals surface area contributed by atoms with Gasteiger partial charge in [-0.1, -0.05) is 30.0 Å². The number of aromatic nitrogens is 2. The maximum absolute atomic E-state index is 13.3. The second-order valence-corrected chi connectivity index (χ2v) is 9.72. The van der Waals surface area contributed by atoms with Gasteiger partial charge in [-0.15, -0.1) is 11.8 Å². The van der Waals surface area contributed by atoms with Crippen molar-refractivity contribution in [1.29, 1.82) is 0 Å². The molecule has 2 aromatic carbocycles. The summed E-state index contributed by atoms with van der Waals surface area (Å²) in [6.07, 6.45) is 2.73. The second kappa shape index (κ2) is 9.03. The van der Waals surface area contributed by atoms with E-state index in [1.807, 2.05) is 47.4 Å². The number of anilines is 1. The second-order valence-electron chi connectivity index (χ2n) is 7.67. The molecule has 0 aliphatic carbocycles. The molecule has 0 fully saturated rings. The molecular weight excluding hydrogens is 442 g/mol. The van der Waals surface area contributed by atoms with Crippen LogP contribution in [0.2, 0.25) is 0 Å². The third-order valence-corrected chi connectivity index (χ3v) is 7.76. The van der Waals surface area contributed by atoms with Crippen molar-refractivity contribution in [3.05, 3.63) is 70.1 Å². The van der Waals surface area contributed by atoms with Crippen molar-refractivity contribution in [2.24, 2.45) is 0 Å². The lowest BCUT2D eigenvalue weighted by atomic mass is 10.0. The van der Waals surface area contributed by atoms with Gasteiger partial charge in [-0.2, -0.15) is 0 Å². The monoisotopic (exact) mass is 465 g/mol. The summed E-state index contributed by atoms with van der Waals surface area (Å²) in [7, 11) is 1.61. The molecule has 0 radical (unpaired) electrons. The van der Waals surface area contributed by atoms with Crippen LogP contribution in [0.5, 0.6) is 5.75 Å². The molecule has 3 aromatic rings. The Bertz CT molecular complexity index is 1220. The number of benzene rings is 2. The van der Waals surface area contributed by atoms with Crippen LogP contribution in [0.15, 0.2) is 63.4 Å². The molecule has 0 bridgehead atoms. The molecule has 3 heterocycles. The number of methoxy groups -OCH3 is 1. The van der Waals surface area contributed by atoms with Crippen molar-refractivity contribution in [1.82, 2.24) is 9.55 Å². The first-order chi connectivity index (χ1) is 15.7. The molecule has 1 aromatic heterocycles. The molecule has 2 aliphatic rings. The van der Waals surface area contributed by atoms with Crippen LogP contribution >= 0.6 is 23.5 Å². The van der Waals surface area contributed by atoms with Crippen molar-refractivity contribution in [3.63, 3.8) is 0 Å². The smallest absolute Gasteiger partial charge is 0.272 e. The van der Waals surface area contributed by atoms with E-state index in [1.54, 1.807) is 23.4 Å². The number of aryl methyl sites for hydroxylation is 2. The van der Waals surface area contributed by atoms with Gasteiger partial charge in [0.05, 0.1) is 29.1 Å². The highest BCUT2D eigenvalue weighted by Gasteiger charge is 2.25. The first-order valence-electron chi connectivity index (χ1n) is 10.6. The number of para-hydroxylation sites is 1. The molecule has 0 N–H and O–H groups in total. The summed E-state index contributed by atoms with van der Waals surface area (Å²) in [5.41, 5.74) is 3.69. The van der Waals surface area contributed by atoms with Crippen molar-refractivity contribution < 1.29 is 9.53 Å². The van der Waals surface area contributed by atoms with Gasteiger partial charge in [-0.25, -0.2) is 4.98 Å². The molecule has 8 heteroatoms. The van der Waals surface area contributed by atoms with Crippen LogP contribution in [0.4, 0.5) is 5.69 Å². The molecule has 2 aliphatic heterocycles. The summed E-state index contributed by atoms with van der Waals surface area (Å²) in [6, 6.07) is 15.4. The van der Waals surface area contributed by atoms with Crippen LogP contribution in [0.3, 0.4) is 0 Å². The number of ether oxygens (including phenoxy) is 1. The number of rotatable bonds is 5. The van der Waals surface area contributed by atoms with Gasteiger partial charge in [0.25, 0.3) is 5.56 Å². The van der Waals surface area contributed by atoms with E-state index in [0.29, 0.717) is 10.1 Å². The topological polar surface area (TPSA) is 64.4 Å². The summed E-state index contributed by atoms with van der Waals surface area (Å²) >= 11 is 2.88. The molecule has 0 atom stereocenters. The molecular formula is C24H23N3O3S2. The number of carbonyl (C=O) groups is 1. The zero-order valence-electron chi connectivity index (χ0n) is 17.7. The molecule has 164 valence electrons. The normalized spacial score (nSPS) is 14.7. The van der Waals surface area contributed by atoms with Gasteiger partial charge in [-0.05, 0) is 48.7 Å². The Morgan fingerprint density at radius 3 is 2.78 bits per heavy atom. The van der Waals surface area contributed by atoms with Crippen LogP contribution in [-0.4, -0.2) is 40.6 Å². The average Bonchev–Trinajstić information content (AvgIpc) is 3.31. The number of fused-ring (bicyclic) bond motifs is 2. The van der Waals surface area contributed by atoms with Gasteiger partial charge in [0.2, 0.25) is 5.91 Å². The van der Waals surface area contributed by atoms with E-state index in [9.17, 15) is 9.59 Å². The van der Waals surface area contributed by atoms with E-state index in [2.05, 4.69) is 6.07 Å². The van der Waals surface area contributed by atoms with Gasteiger partial charge in [0.15, 0.2) is 5.16 Å². The van der Waals surface area contributed by atoms with Crippen LogP contribution in [0.1, 0.15) is 17.7 Å². The SMILES string of the molecule is COc1ccc(-n2c(SCC(=O)N3CCCc4ccccc43)nc3c(c2=O)SCC3)cc1. The lowest BCUT2D eigenvalue weighted by molar-refractivity contribution is -0.116. The Morgan fingerprint density at radius 2 is 1.97 bits per heavy atom. The highest BCUT2D eigenvalue weighted by molar-refractivity contribution is 8.00. The molecule has 0 saturated heterocycles. The van der Waals surface area contributed by atoms with E-state index >= 15 is 0 Å². The Labute approximate surface area is 195 Å². The van der Waals surface area contributed by atoms with Crippen molar-refractivity contribution in [3.8, 4) is 11.4 Å². The number of amides is 1. The minimum Gasteiger partial charge on any atom is -0.497 e. The van der Waals surface area contributed by atoms with E-state index in [1.165, 1.54) is 17.3 Å². The predicted molar refractivity (Wildman–Crippen MR) is 129 cm³/mol. The molecule has 0 spiro atoms. The van der Waals surface area contributed by atoms with Crippen molar-refractivity contribution >= 4 is 35.1 Å². The third kappa shape index (κ3) is 3.93. The molecule has 5 rings (SSSR count). The fourth-order valence-electron chi connectivity index (χ4n) is 4.15. The number of nitrogens with zero attached hydrogens (tertiary/aromatic N) is 3. The summed E-state index contributed by atoms with van der Waals surface area (Å²) in [5.74, 6) is 1.84. The fraction of sp³-hybridized carbons (Fsp3) is 0.292. The van der Waals surface area contributed by atoms with E-state index in [0.717, 1.165) is 54.4 Å². The van der Waals surface area contributed by atoms with Gasteiger partial charge in [-0.3, -0.25) is 14.2 Å². The quantitative estimate of drug-likeness (QED) is 0.420. The molecule has 0 saturated carbocycles. The molecule has 32 heavy (non-hydrogen) atoms. The molecule has 1 amide bonds. The Hall–Kier alpha value is -2.71. The first kappa shape index (κ1) is 21.2. The average molecular weight is 466 g/mol. The number of thioether (sulfide) groups is 2. The highest BCUT2D eigenvalue weighted by Crippen LogP contribution is 2.31. The highest BCUT2D eigenvalue weighted by atomic mass is 32.2. The van der Waals surface area contributed by atoms with Crippen molar-refractivity contribution in [2.75, 3.05) is 30.1 Å². The Balaban J connectivity index is 1.45. The van der Waals surface area contributed by atoms with Gasteiger partial charge >= 0.3 is 0 Å². The Morgan fingerprint density at radius 1 is 1.16 bits per heavy atom. The van der Waals surface area contributed by atoms with Gasteiger partial charge < -0.3 is 9.64 Å².